The number of aromatic nitrogens is 1. The lowest BCUT2D eigenvalue weighted by molar-refractivity contribution is -0.667. The molecule has 0 radical (unpaired) electrons. The Morgan fingerprint density at radius 3 is 2.39 bits per heavy atom. The molecule has 3 nitrogen and oxygen atoms in total. The van der Waals surface area contributed by atoms with Crippen molar-refractivity contribution in [2.75, 3.05) is 0 Å². The van der Waals surface area contributed by atoms with Gasteiger partial charge in [-0.3, -0.25) is 0 Å². The summed E-state index contributed by atoms with van der Waals surface area (Å²) in [7, 11) is 1.70. The van der Waals surface area contributed by atoms with Gasteiger partial charge in [0, 0.05) is 36.2 Å². The smallest absolute Gasteiger partial charge is 0.237 e. The molecule has 2 aromatic heterocycles. The maximum Gasteiger partial charge on any atom is 0.237 e. The Hall–Kier alpha value is -3.90. The summed E-state index contributed by atoms with van der Waals surface area (Å²) in [5.74, 6) is 0. The SMILES string of the molecule is [2H]c1c(C([2H])([2H])C(C)(C)C)c(C([2H])([2H])[2H])c(C)[n+](C)c1-c1c(C)ccc2c1oc1c([N+]#[C-])c(-c3ccccc3)ccc12. The molecule has 0 amide bonds. The number of pyridine rings is 1. The van der Waals surface area contributed by atoms with Crippen molar-refractivity contribution in [3.63, 3.8) is 0 Å². The quantitative estimate of drug-likeness (QED) is 0.187. The van der Waals surface area contributed by atoms with E-state index in [-0.39, 0.29) is 17.2 Å². The number of rotatable bonds is 3. The monoisotopic (exact) mass is 479 g/mol. The number of hydrogen-bond acceptors (Lipinski definition) is 1. The first kappa shape index (κ1) is 17.5. The Bertz CT molecular complexity index is 1920. The normalized spacial score (nSPS) is 15.0. The molecule has 3 aromatic carbocycles. The lowest BCUT2D eigenvalue weighted by Gasteiger charge is -2.20. The minimum absolute atomic E-state index is 0.138. The highest BCUT2D eigenvalue weighted by Gasteiger charge is 2.26. The number of nitrogens with zero attached hydrogens (tertiary/aromatic N) is 2. The summed E-state index contributed by atoms with van der Waals surface area (Å²) in [5, 5.41) is 1.51. The van der Waals surface area contributed by atoms with E-state index in [0.717, 1.165) is 27.5 Å². The second-order valence-electron chi connectivity index (χ2n) is 10.3. The van der Waals surface area contributed by atoms with Crippen molar-refractivity contribution in [1.82, 2.24) is 0 Å². The Labute approximate surface area is 222 Å². The fraction of sp³-hybridized carbons (Fsp3) is 0.273. The molecular formula is C33H33N2O+. The highest BCUT2D eigenvalue weighted by atomic mass is 16.3. The van der Waals surface area contributed by atoms with E-state index < -0.39 is 18.6 Å². The van der Waals surface area contributed by atoms with E-state index >= 15 is 0 Å². The molecule has 3 heteroatoms. The lowest BCUT2D eigenvalue weighted by atomic mass is 9.85. The highest BCUT2D eigenvalue weighted by molar-refractivity contribution is 6.14. The van der Waals surface area contributed by atoms with Gasteiger partial charge in [-0.1, -0.05) is 75.4 Å². The molecule has 5 aromatic rings. The summed E-state index contributed by atoms with van der Waals surface area (Å²) in [6.07, 6.45) is -2.14. The van der Waals surface area contributed by atoms with Gasteiger partial charge in [0.15, 0.2) is 5.69 Å². The molecule has 0 saturated heterocycles. The number of hydrogen-bond donors (Lipinski definition) is 0. The maximum absolute atomic E-state index is 9.41. The molecule has 0 aliphatic carbocycles. The average molecular weight is 480 g/mol. The van der Waals surface area contributed by atoms with Gasteiger partial charge in [-0.25, -0.2) is 4.85 Å². The van der Waals surface area contributed by atoms with Gasteiger partial charge in [0.1, 0.15) is 18.2 Å². The first-order chi connectivity index (χ1) is 19.5. The first-order valence-electron chi connectivity index (χ1n) is 15.0. The number of aryl methyl sites for hydroxylation is 1. The van der Waals surface area contributed by atoms with E-state index in [9.17, 15) is 1.37 Å². The first-order valence-corrected chi connectivity index (χ1v) is 12.0. The van der Waals surface area contributed by atoms with E-state index in [0.29, 0.717) is 33.8 Å². The number of furan rings is 1. The highest BCUT2D eigenvalue weighted by Crippen LogP contribution is 2.44. The van der Waals surface area contributed by atoms with Crippen molar-refractivity contribution in [1.29, 1.82) is 0 Å². The van der Waals surface area contributed by atoms with Crippen LogP contribution in [0.15, 0.2) is 65.1 Å². The van der Waals surface area contributed by atoms with Crippen molar-refractivity contribution in [2.45, 2.75) is 47.8 Å². The molecule has 0 aliphatic rings. The van der Waals surface area contributed by atoms with E-state index in [1.54, 1.807) is 39.3 Å². The topological polar surface area (TPSA) is 21.4 Å². The average Bonchev–Trinajstić information content (AvgIpc) is 3.29. The molecule has 0 spiro atoms. The van der Waals surface area contributed by atoms with Crippen LogP contribution < -0.4 is 4.57 Å². The second-order valence-corrected chi connectivity index (χ2v) is 10.3. The van der Waals surface area contributed by atoms with Crippen LogP contribution in [0.2, 0.25) is 0 Å². The maximum atomic E-state index is 9.41. The molecule has 180 valence electrons. The zero-order chi connectivity index (χ0) is 30.9. The molecule has 0 atom stereocenters. The molecule has 36 heavy (non-hydrogen) atoms. The van der Waals surface area contributed by atoms with Crippen molar-refractivity contribution in [2.24, 2.45) is 12.5 Å². The van der Waals surface area contributed by atoms with Gasteiger partial charge in [-0.2, -0.15) is 4.57 Å². The third-order valence-corrected chi connectivity index (χ3v) is 6.62. The molecule has 0 bridgehead atoms. The van der Waals surface area contributed by atoms with Gasteiger partial charge in [-0.15, -0.1) is 0 Å². The molecule has 0 unspecified atom stereocenters. The molecule has 0 aliphatic heterocycles. The van der Waals surface area contributed by atoms with Crippen LogP contribution in [0.5, 0.6) is 0 Å². The predicted octanol–water partition coefficient (Wildman–Crippen LogP) is 8.81. The van der Waals surface area contributed by atoms with Gasteiger partial charge in [0.2, 0.25) is 11.4 Å². The molecular weight excluding hydrogens is 440 g/mol. The fourth-order valence-corrected chi connectivity index (χ4v) is 4.72. The summed E-state index contributed by atoms with van der Waals surface area (Å²) < 4.78 is 60.7. The molecule has 5 rings (SSSR count). The van der Waals surface area contributed by atoms with E-state index in [1.165, 1.54) is 0 Å². The number of benzene rings is 3. The largest absolute Gasteiger partial charge is 0.466 e. The predicted molar refractivity (Wildman–Crippen MR) is 149 cm³/mol. The third-order valence-electron chi connectivity index (χ3n) is 6.62. The van der Waals surface area contributed by atoms with E-state index in [1.807, 2.05) is 61.5 Å². The zero-order valence-corrected chi connectivity index (χ0v) is 21.5. The summed E-state index contributed by atoms with van der Waals surface area (Å²) >= 11 is 0. The Morgan fingerprint density at radius 2 is 1.72 bits per heavy atom. The van der Waals surface area contributed by atoms with Crippen LogP contribution in [0.25, 0.3) is 49.2 Å². The lowest BCUT2D eigenvalue weighted by Crippen LogP contribution is -2.36. The molecule has 0 saturated carbocycles. The van der Waals surface area contributed by atoms with E-state index in [2.05, 4.69) is 4.85 Å². The Kier molecular flexibility index (Phi) is 4.21. The van der Waals surface area contributed by atoms with Gasteiger partial charge < -0.3 is 4.42 Å². The third kappa shape index (κ3) is 3.88. The van der Waals surface area contributed by atoms with Crippen LogP contribution in [0.3, 0.4) is 0 Å². The van der Waals surface area contributed by atoms with Crippen molar-refractivity contribution < 1.29 is 17.2 Å². The summed E-state index contributed by atoms with van der Waals surface area (Å²) in [6.45, 7) is 14.0. The molecule has 0 N–H and O–H groups in total. The van der Waals surface area contributed by atoms with E-state index in [4.69, 9.17) is 17.8 Å². The minimum atomic E-state index is -2.64. The van der Waals surface area contributed by atoms with Crippen LogP contribution in [-0.2, 0) is 13.4 Å². The van der Waals surface area contributed by atoms with Crippen LogP contribution in [0, 0.1) is 32.7 Å². The van der Waals surface area contributed by atoms with Gasteiger partial charge in [0.05, 0.1) is 13.5 Å². The fourth-order valence-electron chi connectivity index (χ4n) is 4.72. The van der Waals surface area contributed by atoms with Crippen molar-refractivity contribution in [3.05, 3.63) is 94.4 Å². The van der Waals surface area contributed by atoms with Crippen LogP contribution in [-0.4, -0.2) is 0 Å². The summed E-state index contributed by atoms with van der Waals surface area (Å²) in [6, 6.07) is 17.2. The second kappa shape index (κ2) is 8.64. The Morgan fingerprint density at radius 1 is 1.03 bits per heavy atom. The molecule has 0 fully saturated rings. The zero-order valence-electron chi connectivity index (χ0n) is 27.5. The standard InChI is InChI=1S/C33H33N2O/c1-20-14-15-26-27-17-16-25(23-12-10-9-11-13-23)30(34-7)32(27)36-31(26)29(20)28-18-24(19-33(4,5)6)21(2)22(3)35(28)8/h9-18H,19H2,1-6,8H3/q+1/i2D3,18D,19D2. The van der Waals surface area contributed by atoms with Crippen LogP contribution in [0.1, 0.15) is 51.4 Å². The van der Waals surface area contributed by atoms with Crippen molar-refractivity contribution >= 4 is 27.6 Å². The van der Waals surface area contributed by atoms with Crippen LogP contribution in [0.4, 0.5) is 5.69 Å². The summed E-state index contributed by atoms with van der Waals surface area (Å²) in [4.78, 5) is 3.86. The van der Waals surface area contributed by atoms with Gasteiger partial charge in [-0.05, 0) is 47.8 Å². The number of fused-ring (bicyclic) bond motifs is 3. The van der Waals surface area contributed by atoms with Gasteiger partial charge >= 0.3 is 0 Å². The van der Waals surface area contributed by atoms with Gasteiger partial charge in [0.25, 0.3) is 0 Å². The Balaban J connectivity index is 1.94. The summed E-state index contributed by atoms with van der Waals surface area (Å²) in [5.41, 5.74) is 3.71. The minimum Gasteiger partial charge on any atom is -0.466 e. The van der Waals surface area contributed by atoms with Crippen LogP contribution >= 0.6 is 0 Å². The van der Waals surface area contributed by atoms with Crippen molar-refractivity contribution in [3.8, 4) is 22.4 Å². The molecule has 2 heterocycles.